The molecule has 0 spiro atoms. The van der Waals surface area contributed by atoms with Gasteiger partial charge in [0.25, 0.3) is 0 Å². The fourth-order valence-electron chi connectivity index (χ4n) is 2.67. The van der Waals surface area contributed by atoms with E-state index in [4.69, 9.17) is 9.47 Å². The van der Waals surface area contributed by atoms with Gasteiger partial charge in [0.2, 0.25) is 5.91 Å². The number of ether oxygens (including phenoxy) is 2. The summed E-state index contributed by atoms with van der Waals surface area (Å²) in [5.41, 5.74) is -0.829. The second kappa shape index (κ2) is 6.54. The lowest BCUT2D eigenvalue weighted by Gasteiger charge is -2.37. The molecule has 1 saturated carbocycles. The first-order valence-electron chi connectivity index (χ1n) is 7.24. The molecule has 0 bridgehead atoms. The van der Waals surface area contributed by atoms with Gasteiger partial charge in [-0.2, -0.15) is 0 Å². The van der Waals surface area contributed by atoms with Crippen molar-refractivity contribution in [2.75, 3.05) is 19.8 Å². The minimum Gasteiger partial charge on any atom is -0.481 e. The van der Waals surface area contributed by atoms with Crippen molar-refractivity contribution in [1.29, 1.82) is 0 Å². The summed E-state index contributed by atoms with van der Waals surface area (Å²) in [6.07, 6.45) is 3.16. The number of carbonyl (C=O) groups excluding carboxylic acids is 1. The Bertz CT molecular complexity index is 361. The molecule has 0 aromatic carbocycles. The van der Waals surface area contributed by atoms with Crippen molar-refractivity contribution in [1.82, 2.24) is 5.32 Å². The molecule has 2 unspecified atom stereocenters. The molecule has 1 aliphatic carbocycles. The Labute approximate surface area is 118 Å². The number of carbonyl (C=O) groups is 2. The first-order valence-corrected chi connectivity index (χ1v) is 7.24. The molecule has 20 heavy (non-hydrogen) atoms. The second-order valence-electron chi connectivity index (χ2n) is 5.90. The molecular weight excluding hydrogens is 262 g/mol. The summed E-state index contributed by atoms with van der Waals surface area (Å²) in [5, 5.41) is 12.0. The van der Waals surface area contributed by atoms with E-state index in [0.29, 0.717) is 26.1 Å². The monoisotopic (exact) mass is 285 g/mol. The molecular formula is C14H23NO5. The van der Waals surface area contributed by atoms with Crippen LogP contribution < -0.4 is 5.32 Å². The average molecular weight is 285 g/mol. The van der Waals surface area contributed by atoms with E-state index in [1.807, 2.05) is 6.92 Å². The molecule has 6 nitrogen and oxygen atoms in total. The molecule has 2 atom stereocenters. The van der Waals surface area contributed by atoms with Crippen LogP contribution in [0.5, 0.6) is 0 Å². The summed E-state index contributed by atoms with van der Waals surface area (Å²) < 4.78 is 10.8. The van der Waals surface area contributed by atoms with Crippen molar-refractivity contribution in [3.8, 4) is 0 Å². The smallest absolute Gasteiger partial charge is 0.310 e. The highest BCUT2D eigenvalue weighted by Gasteiger charge is 2.45. The van der Waals surface area contributed by atoms with Crippen molar-refractivity contribution in [2.24, 2.45) is 5.41 Å². The van der Waals surface area contributed by atoms with E-state index in [1.54, 1.807) is 0 Å². The largest absolute Gasteiger partial charge is 0.481 e. The number of aliphatic carboxylic acids is 1. The van der Waals surface area contributed by atoms with Crippen LogP contribution in [0.25, 0.3) is 0 Å². The highest BCUT2D eigenvalue weighted by molar-refractivity contribution is 5.85. The number of nitrogens with one attached hydrogen (secondary N) is 1. The van der Waals surface area contributed by atoms with E-state index in [2.05, 4.69) is 5.32 Å². The molecule has 2 aliphatic rings. The Balaban J connectivity index is 1.69. The normalized spacial score (nSPS) is 25.8. The molecule has 1 saturated heterocycles. The van der Waals surface area contributed by atoms with Crippen LogP contribution >= 0.6 is 0 Å². The van der Waals surface area contributed by atoms with Crippen LogP contribution in [0.1, 0.15) is 39.0 Å². The first kappa shape index (κ1) is 15.3. The molecule has 0 aromatic rings. The first-order chi connectivity index (χ1) is 9.52. The predicted molar refractivity (Wildman–Crippen MR) is 71.3 cm³/mol. The number of hydrogen-bond donors (Lipinski definition) is 2. The highest BCUT2D eigenvalue weighted by atomic mass is 16.5. The van der Waals surface area contributed by atoms with Gasteiger partial charge in [-0.1, -0.05) is 6.42 Å². The molecule has 0 radical (unpaired) electrons. The molecule has 2 N–H and O–H groups in total. The number of carboxylic acids is 1. The molecule has 1 aliphatic heterocycles. The third-order valence-electron chi connectivity index (χ3n) is 4.14. The summed E-state index contributed by atoms with van der Waals surface area (Å²) in [6, 6.07) is -0.117. The summed E-state index contributed by atoms with van der Waals surface area (Å²) in [4.78, 5) is 23.1. The quantitative estimate of drug-likeness (QED) is 0.727. The van der Waals surface area contributed by atoms with Crippen molar-refractivity contribution in [3.05, 3.63) is 0 Å². The SMILES string of the molecule is CC(COC1CCOC1)NC(=O)CC1(C(=O)O)CCC1. The third-order valence-corrected chi connectivity index (χ3v) is 4.14. The van der Waals surface area contributed by atoms with E-state index in [9.17, 15) is 14.7 Å². The van der Waals surface area contributed by atoms with E-state index in [0.717, 1.165) is 19.4 Å². The Hall–Kier alpha value is -1.14. The van der Waals surface area contributed by atoms with Crippen LogP contribution in [0.15, 0.2) is 0 Å². The van der Waals surface area contributed by atoms with Crippen LogP contribution in [0.4, 0.5) is 0 Å². The summed E-state index contributed by atoms with van der Waals surface area (Å²) in [6.45, 7) is 3.64. The van der Waals surface area contributed by atoms with Crippen LogP contribution in [-0.2, 0) is 19.1 Å². The minimum absolute atomic E-state index is 0.0687. The summed E-state index contributed by atoms with van der Waals surface area (Å²) in [5.74, 6) is -1.06. The lowest BCUT2D eigenvalue weighted by molar-refractivity contribution is -0.157. The van der Waals surface area contributed by atoms with Gasteiger partial charge in [0.1, 0.15) is 0 Å². The Morgan fingerprint density at radius 3 is 2.75 bits per heavy atom. The molecule has 114 valence electrons. The number of hydrogen-bond acceptors (Lipinski definition) is 4. The average Bonchev–Trinajstić information content (AvgIpc) is 2.83. The maximum atomic E-state index is 11.9. The topological polar surface area (TPSA) is 84.9 Å². The molecule has 1 amide bonds. The molecule has 2 rings (SSSR count). The fourth-order valence-corrected chi connectivity index (χ4v) is 2.67. The van der Waals surface area contributed by atoms with E-state index in [-0.39, 0.29) is 24.5 Å². The number of amides is 1. The molecule has 2 fully saturated rings. The van der Waals surface area contributed by atoms with Crippen LogP contribution in [0.3, 0.4) is 0 Å². The van der Waals surface area contributed by atoms with E-state index >= 15 is 0 Å². The lowest BCUT2D eigenvalue weighted by Crippen LogP contribution is -2.45. The Morgan fingerprint density at radius 1 is 1.50 bits per heavy atom. The van der Waals surface area contributed by atoms with E-state index < -0.39 is 11.4 Å². The van der Waals surface area contributed by atoms with Crippen LogP contribution in [-0.4, -0.2) is 48.9 Å². The maximum absolute atomic E-state index is 11.9. The maximum Gasteiger partial charge on any atom is 0.310 e. The fraction of sp³-hybridized carbons (Fsp3) is 0.857. The van der Waals surface area contributed by atoms with Crippen molar-refractivity contribution in [2.45, 2.75) is 51.2 Å². The summed E-state index contributed by atoms with van der Waals surface area (Å²) >= 11 is 0. The van der Waals surface area contributed by atoms with Crippen LogP contribution in [0, 0.1) is 5.41 Å². The van der Waals surface area contributed by atoms with Gasteiger partial charge in [-0.05, 0) is 26.2 Å². The van der Waals surface area contributed by atoms with Crippen molar-refractivity contribution in [3.63, 3.8) is 0 Å². The zero-order valence-electron chi connectivity index (χ0n) is 11.9. The van der Waals surface area contributed by atoms with Gasteiger partial charge in [0, 0.05) is 19.1 Å². The van der Waals surface area contributed by atoms with Crippen LogP contribution in [0.2, 0.25) is 0 Å². The molecule has 0 aromatic heterocycles. The lowest BCUT2D eigenvalue weighted by atomic mass is 9.66. The second-order valence-corrected chi connectivity index (χ2v) is 5.90. The van der Waals surface area contributed by atoms with Gasteiger partial charge in [-0.15, -0.1) is 0 Å². The summed E-state index contributed by atoms with van der Waals surface area (Å²) in [7, 11) is 0. The van der Waals surface area contributed by atoms with Gasteiger partial charge in [-0.25, -0.2) is 0 Å². The highest BCUT2D eigenvalue weighted by Crippen LogP contribution is 2.44. The minimum atomic E-state index is -0.856. The Morgan fingerprint density at radius 2 is 2.25 bits per heavy atom. The van der Waals surface area contributed by atoms with Gasteiger partial charge in [-0.3, -0.25) is 9.59 Å². The molecule has 1 heterocycles. The zero-order chi connectivity index (χ0) is 14.6. The number of carboxylic acid groups (broad SMARTS) is 1. The number of rotatable bonds is 7. The van der Waals surface area contributed by atoms with Crippen molar-refractivity contribution >= 4 is 11.9 Å². The third kappa shape index (κ3) is 3.70. The standard InChI is InChI=1S/C14H23NO5/c1-10(8-20-11-3-6-19-9-11)15-12(16)7-14(13(17)18)4-2-5-14/h10-11H,2-9H2,1H3,(H,15,16)(H,17,18). The van der Waals surface area contributed by atoms with Crippen molar-refractivity contribution < 1.29 is 24.2 Å². The zero-order valence-corrected chi connectivity index (χ0v) is 11.9. The molecule has 6 heteroatoms. The Kier molecular flexibility index (Phi) is 4.99. The van der Waals surface area contributed by atoms with E-state index in [1.165, 1.54) is 0 Å². The van der Waals surface area contributed by atoms with Gasteiger partial charge < -0.3 is 19.9 Å². The van der Waals surface area contributed by atoms with Gasteiger partial charge in [0.05, 0.1) is 24.7 Å². The van der Waals surface area contributed by atoms with Gasteiger partial charge >= 0.3 is 5.97 Å². The van der Waals surface area contributed by atoms with Gasteiger partial charge in [0.15, 0.2) is 0 Å². The predicted octanol–water partition coefficient (Wildman–Crippen LogP) is 0.942.